The molecule has 24 aromatic rings. The van der Waals surface area contributed by atoms with Crippen molar-refractivity contribution >= 4 is 151 Å². The number of benzene rings is 21. The van der Waals surface area contributed by atoms with Crippen LogP contribution in [0.5, 0.6) is 0 Å². The third kappa shape index (κ3) is 18.9. The Morgan fingerprint density at radius 3 is 0.573 bits per heavy atom. The van der Waals surface area contributed by atoms with E-state index in [4.69, 9.17) is 0 Å². The van der Waals surface area contributed by atoms with Crippen LogP contribution in [0, 0.1) is 69.2 Å². The summed E-state index contributed by atoms with van der Waals surface area (Å²) < 4.78 is 7.12. The quantitative estimate of drug-likeness (QED) is 0.0716. The van der Waals surface area contributed by atoms with Crippen LogP contribution in [-0.4, -0.2) is 13.7 Å². The fourth-order valence-corrected chi connectivity index (χ4v) is 22.9. The van der Waals surface area contributed by atoms with Crippen molar-refractivity contribution in [2.45, 2.75) is 107 Å². The Balaban J connectivity index is 0.000000125. The predicted octanol–water partition coefficient (Wildman–Crippen LogP) is 39.7. The summed E-state index contributed by atoms with van der Waals surface area (Å²) in [5.41, 5.74) is 45.8. The van der Waals surface area contributed by atoms with Gasteiger partial charge in [0.1, 0.15) is 0 Å². The Hall–Kier alpha value is -18.0. The largest absolute Gasteiger partial charge is 0.311 e. The molecular formula is C142H122N8. The van der Waals surface area contributed by atoms with E-state index in [9.17, 15) is 0 Å². The molecule has 0 radical (unpaired) electrons. The second-order valence-corrected chi connectivity index (χ2v) is 40.8. The average Bonchev–Trinajstić information content (AvgIpc) is 1.61. The SMILES string of the molecule is Cc1ccc(N(c2ccc(C)cc2)c2ccc(C3(c4ccc(N(c5ccc(C)cc5)c5ccc(C)cc5)cc4)CCCCC3)cc2)cc1.Cc1cccc(N(c2cccc(C)c2)c2ccc(-c3ccc(N(c4cccc(C)c4)c4cccc(C)c4)cc3C)c(C)c2)c1.c1ccc2c(c1)c1ccccc1n2-c1ccc(N(c2ccc(-n3c4ccccc4c4ccccc43)cc2)c2ccc(-n3c4ccccc4c4ccccc43)cc2)cc1. The highest BCUT2D eigenvalue weighted by atomic mass is 15.2. The van der Waals surface area contributed by atoms with Gasteiger partial charge >= 0.3 is 0 Å². The Morgan fingerprint density at radius 2 is 0.353 bits per heavy atom. The first-order chi connectivity index (χ1) is 73.5. The third-order valence-electron chi connectivity index (χ3n) is 30.3. The minimum absolute atomic E-state index is 0.00636. The van der Waals surface area contributed by atoms with Gasteiger partial charge in [0.05, 0.1) is 33.1 Å². The second kappa shape index (κ2) is 41.5. The maximum absolute atomic E-state index is 2.40. The lowest BCUT2D eigenvalue weighted by Gasteiger charge is -2.39. The van der Waals surface area contributed by atoms with Gasteiger partial charge in [0.15, 0.2) is 0 Å². The van der Waals surface area contributed by atoms with E-state index in [1.165, 1.54) is 210 Å². The molecule has 3 heterocycles. The van der Waals surface area contributed by atoms with E-state index in [1.54, 1.807) is 0 Å². The van der Waals surface area contributed by atoms with Crippen molar-refractivity contribution in [1.82, 2.24) is 13.7 Å². The number of hydrogen-bond donors (Lipinski definition) is 0. The molecule has 25 rings (SSSR count). The molecule has 0 bridgehead atoms. The van der Waals surface area contributed by atoms with Gasteiger partial charge in [-0.15, -0.1) is 0 Å². The highest BCUT2D eigenvalue weighted by molar-refractivity contribution is 6.12. The number of anilines is 15. The van der Waals surface area contributed by atoms with Crippen LogP contribution < -0.4 is 24.5 Å². The molecule has 0 atom stereocenters. The maximum atomic E-state index is 2.40. The molecule has 0 amide bonds. The lowest BCUT2D eigenvalue weighted by molar-refractivity contribution is 0.346. The average molecular weight is 1940 g/mol. The van der Waals surface area contributed by atoms with Crippen molar-refractivity contribution in [2.24, 2.45) is 0 Å². The molecule has 730 valence electrons. The molecule has 0 N–H and O–H groups in total. The van der Waals surface area contributed by atoms with Crippen molar-refractivity contribution in [3.8, 4) is 28.2 Å². The number of nitrogens with zero attached hydrogens (tertiary/aromatic N) is 8. The van der Waals surface area contributed by atoms with E-state index in [1.807, 2.05) is 0 Å². The normalized spacial score (nSPS) is 12.3. The van der Waals surface area contributed by atoms with Crippen molar-refractivity contribution in [3.05, 3.63) is 564 Å². The molecule has 1 fully saturated rings. The highest BCUT2D eigenvalue weighted by Crippen LogP contribution is 2.51. The van der Waals surface area contributed by atoms with Gasteiger partial charge in [-0.25, -0.2) is 0 Å². The molecule has 8 heteroatoms. The smallest absolute Gasteiger partial charge is 0.0541 e. The van der Waals surface area contributed by atoms with Crippen LogP contribution in [0.4, 0.5) is 85.3 Å². The van der Waals surface area contributed by atoms with E-state index >= 15 is 0 Å². The van der Waals surface area contributed by atoms with Crippen LogP contribution >= 0.6 is 0 Å². The summed E-state index contributed by atoms with van der Waals surface area (Å²) in [5, 5.41) is 7.56. The van der Waals surface area contributed by atoms with Gasteiger partial charge in [-0.05, 0) is 393 Å². The molecule has 8 nitrogen and oxygen atoms in total. The third-order valence-corrected chi connectivity index (χ3v) is 30.3. The molecular weight excluding hydrogens is 1820 g/mol. The van der Waals surface area contributed by atoms with E-state index in [0.717, 1.165) is 68.2 Å². The van der Waals surface area contributed by atoms with Crippen molar-refractivity contribution in [1.29, 1.82) is 0 Å². The number of aromatic nitrogens is 3. The summed E-state index contributed by atoms with van der Waals surface area (Å²) in [6.45, 7) is 21.6. The van der Waals surface area contributed by atoms with Crippen LogP contribution in [0.1, 0.15) is 98.9 Å². The molecule has 3 aromatic heterocycles. The zero-order valence-corrected chi connectivity index (χ0v) is 87.0. The van der Waals surface area contributed by atoms with Crippen molar-refractivity contribution in [3.63, 3.8) is 0 Å². The second-order valence-electron chi connectivity index (χ2n) is 40.8. The Kier molecular flexibility index (Phi) is 26.4. The van der Waals surface area contributed by atoms with E-state index in [2.05, 4.69) is 605 Å². The Bertz CT molecular complexity index is 8000. The predicted molar refractivity (Wildman–Crippen MR) is 639 cm³/mol. The summed E-state index contributed by atoms with van der Waals surface area (Å²) in [4.78, 5) is 11.8. The number of rotatable bonds is 21. The van der Waals surface area contributed by atoms with Crippen LogP contribution in [-0.2, 0) is 5.41 Å². The minimum atomic E-state index is 0.00636. The topological polar surface area (TPSA) is 31.0 Å². The van der Waals surface area contributed by atoms with Gasteiger partial charge in [0.25, 0.3) is 0 Å². The van der Waals surface area contributed by atoms with Gasteiger partial charge in [-0.2, -0.15) is 0 Å². The lowest BCUT2D eigenvalue weighted by Crippen LogP contribution is -2.30. The number of aryl methyl sites for hydroxylation is 10. The summed E-state index contributed by atoms with van der Waals surface area (Å²) in [7, 11) is 0. The molecule has 1 saturated carbocycles. The lowest BCUT2D eigenvalue weighted by atomic mass is 9.65. The highest BCUT2D eigenvalue weighted by Gasteiger charge is 2.37. The van der Waals surface area contributed by atoms with E-state index < -0.39 is 0 Å². The first-order valence-electron chi connectivity index (χ1n) is 52.7. The molecule has 0 aliphatic heterocycles. The first-order valence-corrected chi connectivity index (χ1v) is 52.7. The zero-order valence-electron chi connectivity index (χ0n) is 87.0. The molecule has 0 unspecified atom stereocenters. The molecule has 0 saturated heterocycles. The summed E-state index contributed by atoms with van der Waals surface area (Å²) in [5.74, 6) is 0. The fraction of sp³-hybridized carbons (Fsp3) is 0.113. The van der Waals surface area contributed by atoms with Crippen molar-refractivity contribution < 1.29 is 0 Å². The monoisotopic (exact) mass is 1940 g/mol. The summed E-state index contributed by atoms with van der Waals surface area (Å²) in [6, 6.07) is 182. The standard InChI is InChI=1S/C54H36N4.C46H46N2.C42H40N2/c1-7-19-49-43(13-1)44-14-2-8-20-50(44)56(49)40-31-25-37(26-32-40)55(38-27-33-41(34-28-38)57-51-21-9-3-15-45(51)46-16-4-10-22-52(46)57)39-29-35-42(36-30-39)58-53-23-11-5-17-47(53)48-18-6-12-24-54(48)58;1-34-8-20-40(21-9-34)47(41-22-10-35(2)11-23-41)44-28-16-38(17-29-44)46(32-6-5-7-33-46)39-18-30-45(31-19-39)48(42-24-12-36(3)13-25-42)43-26-14-37(4)15-27-43;1-29-11-7-15-35(23-29)43(36-16-8-12-30(2)24-36)39-19-21-41(33(5)27-39)42-22-20-40(28-34(42)6)44(37-17-9-13-31(3)25-37)38-18-10-14-32(4)26-38/h1-36H;8-31H,5-7,32-33H2,1-4H3;7-28H,1-6H3. The van der Waals surface area contributed by atoms with Crippen LogP contribution in [0.25, 0.3) is 93.6 Å². The number of hydrogen-bond acceptors (Lipinski definition) is 5. The van der Waals surface area contributed by atoms with Gasteiger partial charge in [0.2, 0.25) is 0 Å². The van der Waals surface area contributed by atoms with Crippen LogP contribution in [0.2, 0.25) is 0 Å². The van der Waals surface area contributed by atoms with Crippen molar-refractivity contribution in [2.75, 3.05) is 24.5 Å². The molecule has 21 aromatic carbocycles. The van der Waals surface area contributed by atoms with E-state index in [0.29, 0.717) is 0 Å². The molecule has 1 aliphatic rings. The van der Waals surface area contributed by atoms with Gasteiger partial charge in [-0.1, -0.05) is 284 Å². The molecule has 150 heavy (non-hydrogen) atoms. The Labute approximate surface area is 881 Å². The van der Waals surface area contributed by atoms with E-state index in [-0.39, 0.29) is 5.41 Å². The minimum Gasteiger partial charge on any atom is -0.311 e. The molecule has 0 spiro atoms. The van der Waals surface area contributed by atoms with Gasteiger partial charge < -0.3 is 38.2 Å². The summed E-state index contributed by atoms with van der Waals surface area (Å²) >= 11 is 0. The zero-order chi connectivity index (χ0) is 102. The fourth-order valence-electron chi connectivity index (χ4n) is 22.9. The van der Waals surface area contributed by atoms with Gasteiger partial charge in [-0.3, -0.25) is 0 Å². The van der Waals surface area contributed by atoms with Crippen LogP contribution in [0.3, 0.4) is 0 Å². The first kappa shape index (κ1) is 95.5. The van der Waals surface area contributed by atoms with Crippen LogP contribution in [0.15, 0.2) is 497 Å². The maximum Gasteiger partial charge on any atom is 0.0541 e. The Morgan fingerprint density at radius 1 is 0.160 bits per heavy atom. The van der Waals surface area contributed by atoms with Gasteiger partial charge in [0, 0.05) is 140 Å². The molecule has 1 aliphatic carbocycles. The summed E-state index contributed by atoms with van der Waals surface area (Å²) in [6.07, 6.45) is 6.15. The number of para-hydroxylation sites is 6. The number of fused-ring (bicyclic) bond motifs is 9.